The highest BCUT2D eigenvalue weighted by atomic mass is 16.5. The zero-order valence-electron chi connectivity index (χ0n) is 14.2. The van der Waals surface area contributed by atoms with E-state index in [4.69, 9.17) is 4.74 Å². The van der Waals surface area contributed by atoms with Gasteiger partial charge in [0.2, 0.25) is 0 Å². The maximum Gasteiger partial charge on any atom is 0.0900 e. The standard InChI is InChI=1S/C17H33NO2/c1-15(2,3)20-10-14(19)9-18-12-17(6)8-13(18)7-16(4,5)11-17/h13-14,19H,7-12H2,1-6H3/t13-,14-,17-/m0/s1. The molecular weight excluding hydrogens is 250 g/mol. The van der Waals surface area contributed by atoms with Gasteiger partial charge in [0.15, 0.2) is 0 Å². The van der Waals surface area contributed by atoms with Crippen molar-refractivity contribution in [3.05, 3.63) is 0 Å². The highest BCUT2D eigenvalue weighted by Gasteiger charge is 2.49. The molecule has 3 heteroatoms. The first-order chi connectivity index (χ1) is 8.98. The lowest BCUT2D eigenvalue weighted by Crippen LogP contribution is -2.40. The molecule has 2 bridgehead atoms. The van der Waals surface area contributed by atoms with Gasteiger partial charge >= 0.3 is 0 Å². The topological polar surface area (TPSA) is 32.7 Å². The molecule has 3 nitrogen and oxygen atoms in total. The Bertz CT molecular complexity index is 347. The third-order valence-corrected chi connectivity index (χ3v) is 4.68. The number of rotatable bonds is 4. The van der Waals surface area contributed by atoms with Gasteiger partial charge in [0.05, 0.1) is 18.3 Å². The summed E-state index contributed by atoms with van der Waals surface area (Å²) in [6.45, 7) is 15.6. The Labute approximate surface area is 124 Å². The van der Waals surface area contributed by atoms with Gasteiger partial charge in [0, 0.05) is 19.1 Å². The van der Waals surface area contributed by atoms with Crippen LogP contribution in [0.15, 0.2) is 0 Å². The first-order valence-electron chi connectivity index (χ1n) is 8.04. The molecule has 1 N–H and O–H groups in total. The van der Waals surface area contributed by atoms with E-state index >= 15 is 0 Å². The number of ether oxygens (including phenoxy) is 1. The van der Waals surface area contributed by atoms with Crippen LogP contribution in [0.3, 0.4) is 0 Å². The van der Waals surface area contributed by atoms with Crippen molar-refractivity contribution in [2.24, 2.45) is 10.8 Å². The van der Waals surface area contributed by atoms with Gasteiger partial charge in [0.25, 0.3) is 0 Å². The summed E-state index contributed by atoms with van der Waals surface area (Å²) in [4.78, 5) is 2.51. The lowest BCUT2D eigenvalue weighted by molar-refractivity contribution is -0.0574. The molecule has 0 radical (unpaired) electrons. The Kier molecular flexibility index (Phi) is 4.27. The fraction of sp³-hybridized carbons (Fsp3) is 1.00. The first-order valence-corrected chi connectivity index (χ1v) is 8.04. The molecule has 0 aromatic carbocycles. The van der Waals surface area contributed by atoms with Gasteiger partial charge in [-0.15, -0.1) is 0 Å². The molecule has 0 spiro atoms. The number of aliphatic hydroxyl groups is 1. The molecule has 0 aromatic heterocycles. The van der Waals surface area contributed by atoms with Crippen LogP contribution >= 0.6 is 0 Å². The fourth-order valence-electron chi connectivity index (χ4n) is 4.46. The largest absolute Gasteiger partial charge is 0.389 e. The predicted molar refractivity (Wildman–Crippen MR) is 82.8 cm³/mol. The monoisotopic (exact) mass is 283 g/mol. The molecule has 1 aliphatic carbocycles. The van der Waals surface area contributed by atoms with Crippen LogP contribution in [0.5, 0.6) is 0 Å². The Morgan fingerprint density at radius 2 is 1.90 bits per heavy atom. The third-order valence-electron chi connectivity index (χ3n) is 4.68. The summed E-state index contributed by atoms with van der Waals surface area (Å²) in [5.41, 5.74) is 0.714. The minimum Gasteiger partial charge on any atom is -0.389 e. The van der Waals surface area contributed by atoms with Crippen molar-refractivity contribution in [3.8, 4) is 0 Å². The molecular formula is C17H33NO2. The van der Waals surface area contributed by atoms with Crippen LogP contribution in [-0.4, -0.2) is 47.4 Å². The number of fused-ring (bicyclic) bond motifs is 2. The van der Waals surface area contributed by atoms with Crippen molar-refractivity contribution in [3.63, 3.8) is 0 Å². The van der Waals surface area contributed by atoms with Crippen LogP contribution in [0.4, 0.5) is 0 Å². The van der Waals surface area contributed by atoms with Crippen molar-refractivity contribution in [2.45, 2.75) is 78.6 Å². The smallest absolute Gasteiger partial charge is 0.0900 e. The number of nitrogens with zero attached hydrogens (tertiary/aromatic N) is 1. The molecule has 0 amide bonds. The molecule has 1 saturated heterocycles. The Hall–Kier alpha value is -0.120. The summed E-state index contributed by atoms with van der Waals surface area (Å²) < 4.78 is 5.70. The highest BCUT2D eigenvalue weighted by molar-refractivity contribution is 5.02. The normalized spacial score (nSPS) is 35.2. The molecule has 0 unspecified atom stereocenters. The zero-order valence-corrected chi connectivity index (χ0v) is 14.2. The zero-order chi connectivity index (χ0) is 15.2. The van der Waals surface area contributed by atoms with Crippen LogP contribution in [0.2, 0.25) is 0 Å². The first kappa shape index (κ1) is 16.3. The molecule has 0 aromatic rings. The molecule has 3 atom stereocenters. The quantitative estimate of drug-likeness (QED) is 0.860. The van der Waals surface area contributed by atoms with Crippen LogP contribution in [0.25, 0.3) is 0 Å². The van der Waals surface area contributed by atoms with E-state index < -0.39 is 0 Å². The Morgan fingerprint density at radius 1 is 1.25 bits per heavy atom. The van der Waals surface area contributed by atoms with E-state index in [0.717, 1.165) is 13.1 Å². The number of hydrogen-bond acceptors (Lipinski definition) is 3. The average molecular weight is 283 g/mol. The summed E-state index contributed by atoms with van der Waals surface area (Å²) in [6.07, 6.45) is 3.49. The summed E-state index contributed by atoms with van der Waals surface area (Å²) >= 11 is 0. The number of likely N-dealkylation sites (tertiary alicyclic amines) is 1. The van der Waals surface area contributed by atoms with Gasteiger partial charge in [-0.2, -0.15) is 0 Å². The van der Waals surface area contributed by atoms with E-state index in [1.165, 1.54) is 19.3 Å². The van der Waals surface area contributed by atoms with E-state index in [1.54, 1.807) is 0 Å². The lowest BCUT2D eigenvalue weighted by atomic mass is 9.65. The molecule has 2 aliphatic rings. The van der Waals surface area contributed by atoms with E-state index in [0.29, 0.717) is 23.5 Å². The van der Waals surface area contributed by atoms with Crippen molar-refractivity contribution in [1.29, 1.82) is 0 Å². The van der Waals surface area contributed by atoms with Crippen molar-refractivity contribution in [2.75, 3.05) is 19.7 Å². The predicted octanol–water partition coefficient (Wildman–Crippen LogP) is 3.06. The van der Waals surface area contributed by atoms with Crippen molar-refractivity contribution in [1.82, 2.24) is 4.90 Å². The summed E-state index contributed by atoms with van der Waals surface area (Å²) in [7, 11) is 0. The molecule has 118 valence electrons. The Morgan fingerprint density at radius 3 is 2.50 bits per heavy atom. The van der Waals surface area contributed by atoms with Crippen molar-refractivity contribution < 1.29 is 9.84 Å². The summed E-state index contributed by atoms with van der Waals surface area (Å²) in [5, 5.41) is 10.2. The molecule has 1 saturated carbocycles. The van der Waals surface area contributed by atoms with Crippen molar-refractivity contribution >= 4 is 0 Å². The third kappa shape index (κ3) is 4.19. The molecule has 20 heavy (non-hydrogen) atoms. The van der Waals surface area contributed by atoms with E-state index in [2.05, 4.69) is 25.7 Å². The van der Waals surface area contributed by atoms with Gasteiger partial charge in [0.1, 0.15) is 0 Å². The second-order valence-electron chi connectivity index (χ2n) is 9.22. The fourth-order valence-corrected chi connectivity index (χ4v) is 4.46. The molecule has 1 heterocycles. The van der Waals surface area contributed by atoms with Gasteiger partial charge in [-0.1, -0.05) is 20.8 Å². The summed E-state index contributed by atoms with van der Waals surface area (Å²) in [6, 6.07) is 0.646. The van der Waals surface area contributed by atoms with Gasteiger partial charge in [-0.25, -0.2) is 0 Å². The lowest BCUT2D eigenvalue weighted by Gasteiger charge is -2.40. The van der Waals surface area contributed by atoms with Crippen LogP contribution in [-0.2, 0) is 4.74 Å². The van der Waals surface area contributed by atoms with E-state index in [-0.39, 0.29) is 11.7 Å². The number of β-amino-alcohol motifs (C(OH)–C–C–N with tert-alkyl or cyclic N) is 1. The summed E-state index contributed by atoms with van der Waals surface area (Å²) in [5.74, 6) is 0. The number of hydrogen-bond donors (Lipinski definition) is 1. The van der Waals surface area contributed by atoms with Crippen LogP contribution in [0.1, 0.15) is 60.8 Å². The van der Waals surface area contributed by atoms with Gasteiger partial charge in [-0.05, 0) is 50.9 Å². The number of aliphatic hydroxyl groups excluding tert-OH is 1. The second-order valence-corrected chi connectivity index (χ2v) is 9.22. The maximum absolute atomic E-state index is 10.2. The molecule has 2 rings (SSSR count). The Balaban J connectivity index is 1.88. The molecule has 2 fully saturated rings. The minimum atomic E-state index is -0.375. The van der Waals surface area contributed by atoms with Crippen LogP contribution in [0, 0.1) is 10.8 Å². The van der Waals surface area contributed by atoms with E-state index in [1.807, 2.05) is 20.8 Å². The SMILES string of the molecule is CC1(C)C[C@H]2C[C@](C)(CN2C[C@H](O)COC(C)(C)C)C1. The van der Waals surface area contributed by atoms with Gasteiger partial charge in [-0.3, -0.25) is 4.90 Å². The average Bonchev–Trinajstić information content (AvgIpc) is 2.43. The van der Waals surface area contributed by atoms with E-state index in [9.17, 15) is 5.11 Å². The minimum absolute atomic E-state index is 0.171. The van der Waals surface area contributed by atoms with Gasteiger partial charge < -0.3 is 9.84 Å². The molecule has 1 aliphatic heterocycles. The van der Waals surface area contributed by atoms with Crippen LogP contribution < -0.4 is 0 Å². The highest BCUT2D eigenvalue weighted by Crippen LogP contribution is 2.52. The maximum atomic E-state index is 10.2. The second kappa shape index (κ2) is 5.26.